The van der Waals surface area contributed by atoms with Crippen molar-refractivity contribution in [3.63, 3.8) is 0 Å². The van der Waals surface area contributed by atoms with Gasteiger partial charge < -0.3 is 10.3 Å². The van der Waals surface area contributed by atoms with Crippen LogP contribution in [0.3, 0.4) is 0 Å². The minimum atomic E-state index is 0.0220. The van der Waals surface area contributed by atoms with E-state index in [0.717, 1.165) is 17.7 Å². The molecule has 0 aliphatic carbocycles. The molecule has 5 heteroatoms. The molecule has 0 bridgehead atoms. The van der Waals surface area contributed by atoms with E-state index in [1.54, 1.807) is 6.20 Å². The van der Waals surface area contributed by atoms with Crippen LogP contribution in [0.5, 0.6) is 0 Å². The highest BCUT2D eigenvalue weighted by atomic mass is 16.5. The third-order valence-corrected chi connectivity index (χ3v) is 2.92. The first-order chi connectivity index (χ1) is 9.33. The van der Waals surface area contributed by atoms with Gasteiger partial charge in [0.1, 0.15) is 5.69 Å². The lowest BCUT2D eigenvalue weighted by Crippen LogP contribution is -2.28. The molecule has 0 aliphatic heterocycles. The van der Waals surface area contributed by atoms with Crippen LogP contribution in [-0.2, 0) is 6.42 Å². The summed E-state index contributed by atoms with van der Waals surface area (Å²) < 4.78 is 5.26. The molecule has 2 aromatic heterocycles. The molecule has 0 fully saturated rings. The molecule has 2 rings (SSSR count). The van der Waals surface area contributed by atoms with Gasteiger partial charge in [-0.3, -0.25) is 4.98 Å². The van der Waals surface area contributed by atoms with Crippen LogP contribution in [0.1, 0.15) is 38.6 Å². The summed E-state index contributed by atoms with van der Waals surface area (Å²) in [5.74, 6) is 1.09. The van der Waals surface area contributed by atoms with Crippen molar-refractivity contribution in [2.24, 2.45) is 11.1 Å². The fourth-order valence-corrected chi connectivity index (χ4v) is 2.18. The summed E-state index contributed by atoms with van der Waals surface area (Å²) >= 11 is 0. The van der Waals surface area contributed by atoms with Gasteiger partial charge >= 0.3 is 0 Å². The molecule has 0 aromatic carbocycles. The van der Waals surface area contributed by atoms with Gasteiger partial charge in [-0.25, -0.2) is 0 Å². The molecule has 0 radical (unpaired) electrons. The number of rotatable bonds is 4. The first-order valence-electron chi connectivity index (χ1n) is 6.85. The van der Waals surface area contributed by atoms with Gasteiger partial charge in [0.2, 0.25) is 11.7 Å². The predicted octanol–water partition coefficient (Wildman–Crippen LogP) is 2.75. The third kappa shape index (κ3) is 4.13. The van der Waals surface area contributed by atoms with Gasteiger partial charge in [-0.1, -0.05) is 25.9 Å². The Kier molecular flexibility index (Phi) is 4.18. The average Bonchev–Trinajstić information content (AvgIpc) is 2.74. The van der Waals surface area contributed by atoms with E-state index in [1.807, 2.05) is 19.1 Å². The summed E-state index contributed by atoms with van der Waals surface area (Å²) in [6, 6.07) is 3.89. The van der Waals surface area contributed by atoms with Crippen LogP contribution in [-0.4, -0.2) is 21.2 Å². The highest BCUT2D eigenvalue weighted by Gasteiger charge is 2.19. The molecule has 0 amide bonds. The lowest BCUT2D eigenvalue weighted by Gasteiger charge is -2.21. The summed E-state index contributed by atoms with van der Waals surface area (Å²) in [5.41, 5.74) is 8.16. The van der Waals surface area contributed by atoms with Crippen LogP contribution in [0.15, 0.2) is 22.9 Å². The number of pyridine rings is 1. The van der Waals surface area contributed by atoms with Crippen molar-refractivity contribution >= 4 is 0 Å². The van der Waals surface area contributed by atoms with E-state index in [0.29, 0.717) is 18.1 Å². The van der Waals surface area contributed by atoms with E-state index in [4.69, 9.17) is 10.3 Å². The van der Waals surface area contributed by atoms with Gasteiger partial charge in [0.25, 0.3) is 0 Å². The Morgan fingerprint density at radius 1 is 1.35 bits per heavy atom. The Balaban J connectivity index is 2.06. The van der Waals surface area contributed by atoms with Crippen molar-refractivity contribution in [2.75, 3.05) is 0 Å². The molecule has 0 aliphatic rings. The van der Waals surface area contributed by atoms with Crippen LogP contribution >= 0.6 is 0 Å². The lowest BCUT2D eigenvalue weighted by atomic mass is 9.87. The minimum absolute atomic E-state index is 0.0220. The molecule has 2 heterocycles. The summed E-state index contributed by atoms with van der Waals surface area (Å²) in [6.45, 7) is 8.51. The van der Waals surface area contributed by atoms with Crippen molar-refractivity contribution in [3.05, 3.63) is 29.8 Å². The molecular formula is C15H22N4O. The highest BCUT2D eigenvalue weighted by Crippen LogP contribution is 2.22. The maximum atomic E-state index is 6.12. The van der Waals surface area contributed by atoms with E-state index >= 15 is 0 Å². The fourth-order valence-electron chi connectivity index (χ4n) is 2.18. The summed E-state index contributed by atoms with van der Waals surface area (Å²) in [4.78, 5) is 8.62. The van der Waals surface area contributed by atoms with Crippen LogP contribution in [0, 0.1) is 12.3 Å². The van der Waals surface area contributed by atoms with E-state index in [2.05, 4.69) is 35.9 Å². The third-order valence-electron chi connectivity index (χ3n) is 2.92. The van der Waals surface area contributed by atoms with Crippen LogP contribution in [0.2, 0.25) is 0 Å². The maximum Gasteiger partial charge on any atom is 0.228 e. The molecular weight excluding hydrogens is 252 g/mol. The Morgan fingerprint density at radius 2 is 2.10 bits per heavy atom. The number of hydrogen-bond donors (Lipinski definition) is 1. The highest BCUT2D eigenvalue weighted by molar-refractivity contribution is 5.48. The van der Waals surface area contributed by atoms with Crippen LogP contribution in [0.25, 0.3) is 11.5 Å². The predicted molar refractivity (Wildman–Crippen MR) is 78.0 cm³/mol. The largest absolute Gasteiger partial charge is 0.339 e. The Morgan fingerprint density at radius 3 is 2.75 bits per heavy atom. The van der Waals surface area contributed by atoms with Gasteiger partial charge in [0, 0.05) is 18.7 Å². The summed E-state index contributed by atoms with van der Waals surface area (Å²) in [5, 5.41) is 3.97. The normalized spacial score (nSPS) is 13.4. The molecule has 0 saturated heterocycles. The molecule has 5 nitrogen and oxygen atoms in total. The van der Waals surface area contributed by atoms with E-state index in [1.165, 1.54) is 0 Å². The fraction of sp³-hybridized carbons (Fsp3) is 0.533. The molecule has 1 atom stereocenters. The molecule has 20 heavy (non-hydrogen) atoms. The summed E-state index contributed by atoms with van der Waals surface area (Å²) in [7, 11) is 0. The molecule has 0 saturated carbocycles. The molecule has 0 spiro atoms. The first-order valence-corrected chi connectivity index (χ1v) is 6.85. The van der Waals surface area contributed by atoms with Crippen molar-refractivity contribution in [1.82, 2.24) is 15.1 Å². The van der Waals surface area contributed by atoms with Crippen LogP contribution < -0.4 is 5.73 Å². The Bertz CT molecular complexity index is 571. The van der Waals surface area contributed by atoms with Gasteiger partial charge in [-0.2, -0.15) is 4.98 Å². The zero-order chi connectivity index (χ0) is 14.8. The topological polar surface area (TPSA) is 77.8 Å². The quantitative estimate of drug-likeness (QED) is 0.927. The molecule has 2 aromatic rings. The SMILES string of the molecule is Cc1ccnc(-c2noc(CC(N)CC(C)(C)C)n2)c1. The van der Waals surface area contributed by atoms with Gasteiger partial charge in [0.05, 0.1) is 0 Å². The second kappa shape index (κ2) is 5.71. The van der Waals surface area contributed by atoms with Crippen molar-refractivity contribution < 1.29 is 4.52 Å². The van der Waals surface area contributed by atoms with Crippen molar-refractivity contribution in [2.45, 2.75) is 46.6 Å². The number of aryl methyl sites for hydroxylation is 1. The minimum Gasteiger partial charge on any atom is -0.339 e. The first kappa shape index (κ1) is 14.7. The van der Waals surface area contributed by atoms with Gasteiger partial charge in [-0.15, -0.1) is 0 Å². The molecule has 108 valence electrons. The van der Waals surface area contributed by atoms with Crippen molar-refractivity contribution in [3.8, 4) is 11.5 Å². The zero-order valence-corrected chi connectivity index (χ0v) is 12.6. The molecule has 2 N–H and O–H groups in total. The van der Waals surface area contributed by atoms with Crippen LogP contribution in [0.4, 0.5) is 0 Å². The zero-order valence-electron chi connectivity index (χ0n) is 12.6. The number of hydrogen-bond acceptors (Lipinski definition) is 5. The number of nitrogens with two attached hydrogens (primary N) is 1. The Labute approximate surface area is 119 Å². The maximum absolute atomic E-state index is 6.12. The standard InChI is InChI=1S/C15H22N4O/c1-10-5-6-17-12(7-10)14-18-13(20-19-14)8-11(16)9-15(2,3)4/h5-7,11H,8-9,16H2,1-4H3. The van der Waals surface area contributed by atoms with E-state index in [-0.39, 0.29) is 11.5 Å². The number of aromatic nitrogens is 3. The van der Waals surface area contributed by atoms with E-state index in [9.17, 15) is 0 Å². The lowest BCUT2D eigenvalue weighted by molar-refractivity contribution is 0.313. The monoisotopic (exact) mass is 274 g/mol. The smallest absolute Gasteiger partial charge is 0.228 e. The summed E-state index contributed by atoms with van der Waals surface area (Å²) in [6.07, 6.45) is 3.25. The van der Waals surface area contributed by atoms with Gasteiger partial charge in [0.15, 0.2) is 0 Å². The Hall–Kier alpha value is -1.75. The van der Waals surface area contributed by atoms with E-state index < -0.39 is 0 Å². The second-order valence-electron chi connectivity index (χ2n) is 6.46. The molecule has 1 unspecified atom stereocenters. The van der Waals surface area contributed by atoms with Gasteiger partial charge in [-0.05, 0) is 36.5 Å². The van der Waals surface area contributed by atoms with Crippen molar-refractivity contribution in [1.29, 1.82) is 0 Å². The average molecular weight is 274 g/mol. The second-order valence-corrected chi connectivity index (χ2v) is 6.46. The number of nitrogens with zero attached hydrogens (tertiary/aromatic N) is 3.